The molecule has 28 heavy (non-hydrogen) atoms. The number of aryl methyl sites for hydroxylation is 2. The number of aromatic nitrogens is 1. The van der Waals surface area contributed by atoms with Crippen LogP contribution in [0.5, 0.6) is 0 Å². The van der Waals surface area contributed by atoms with Crippen LogP contribution in [0.15, 0.2) is 48.7 Å². The van der Waals surface area contributed by atoms with Crippen molar-refractivity contribution >= 4 is 28.6 Å². The van der Waals surface area contributed by atoms with E-state index in [1.54, 1.807) is 6.20 Å². The molecular formula is C21H19N2NaO4. The van der Waals surface area contributed by atoms with Crippen molar-refractivity contribution < 1.29 is 49.0 Å². The van der Waals surface area contributed by atoms with Crippen LogP contribution in [-0.4, -0.2) is 22.2 Å². The molecule has 1 amide bonds. The number of carboxylic acid groups (broad SMARTS) is 1. The largest absolute Gasteiger partial charge is 1.00 e. The fourth-order valence-corrected chi connectivity index (χ4v) is 3.32. The van der Waals surface area contributed by atoms with Crippen LogP contribution in [-0.2, 0) is 22.6 Å². The number of nitrogens with zero attached hydrogens (tertiary/aromatic N) is 1. The van der Waals surface area contributed by atoms with Gasteiger partial charge in [0.25, 0.3) is 11.7 Å². The van der Waals surface area contributed by atoms with Crippen molar-refractivity contribution in [2.24, 2.45) is 5.73 Å². The molecule has 0 fully saturated rings. The number of ketones is 1. The maximum Gasteiger partial charge on any atom is 1.00 e. The van der Waals surface area contributed by atoms with Gasteiger partial charge in [-0.3, -0.25) is 9.59 Å². The van der Waals surface area contributed by atoms with Gasteiger partial charge in [0.15, 0.2) is 0 Å². The van der Waals surface area contributed by atoms with E-state index in [1.807, 2.05) is 54.0 Å². The average Bonchev–Trinajstić information content (AvgIpc) is 2.98. The number of Topliss-reactive ketones (excluding diaryl/α,β-unsaturated/α-hetero) is 1. The number of nitrogens with two attached hydrogens (primary N) is 1. The number of hydrogen-bond acceptors (Lipinski definition) is 4. The Balaban J connectivity index is 0.00000280. The first-order chi connectivity index (χ1) is 12.9. The zero-order valence-corrected chi connectivity index (χ0v) is 17.9. The van der Waals surface area contributed by atoms with Gasteiger partial charge in [0.1, 0.15) is 0 Å². The van der Waals surface area contributed by atoms with Gasteiger partial charge in [-0.25, -0.2) is 0 Å². The fourth-order valence-electron chi connectivity index (χ4n) is 3.32. The number of carboxylic acids is 1. The molecule has 3 rings (SSSR count). The maximum atomic E-state index is 12.4. The molecule has 7 heteroatoms. The number of carbonyl (C=O) groups is 3. The van der Waals surface area contributed by atoms with Gasteiger partial charge >= 0.3 is 29.6 Å². The minimum atomic E-state index is -1.17. The Morgan fingerprint density at radius 1 is 1.11 bits per heavy atom. The van der Waals surface area contributed by atoms with E-state index in [0.29, 0.717) is 17.5 Å². The molecule has 138 valence electrons. The summed E-state index contributed by atoms with van der Waals surface area (Å²) in [6.45, 7) is 2.41. The number of hydrogen-bond donors (Lipinski definition) is 1. The van der Waals surface area contributed by atoms with E-state index >= 15 is 0 Å². The molecule has 1 aromatic heterocycles. The van der Waals surface area contributed by atoms with E-state index in [1.165, 1.54) is 0 Å². The van der Waals surface area contributed by atoms with Crippen molar-refractivity contribution in [3.63, 3.8) is 0 Å². The molecule has 0 saturated carbocycles. The first-order valence-corrected chi connectivity index (χ1v) is 8.57. The molecule has 0 radical (unpaired) electrons. The van der Waals surface area contributed by atoms with Gasteiger partial charge in [-0.1, -0.05) is 36.4 Å². The fraction of sp³-hybridized carbons (Fsp3) is 0.190. The molecule has 0 atom stereocenters. The summed E-state index contributed by atoms with van der Waals surface area (Å²) in [5.41, 5.74) is 8.83. The Morgan fingerprint density at radius 3 is 2.39 bits per heavy atom. The van der Waals surface area contributed by atoms with E-state index in [0.717, 1.165) is 16.6 Å². The van der Waals surface area contributed by atoms with Gasteiger partial charge in [-0.05, 0) is 42.5 Å². The third-order valence-corrected chi connectivity index (χ3v) is 4.47. The summed E-state index contributed by atoms with van der Waals surface area (Å²) in [6, 6.07) is 13.4. The SMILES string of the molecule is Cc1cc(CCC(=O)[O-])c2c(C(=O)C(N)=O)cn(Cc3ccccc3)c2c1.[Na+]. The van der Waals surface area contributed by atoms with Crippen molar-refractivity contribution in [2.45, 2.75) is 26.3 Å². The molecule has 0 saturated heterocycles. The van der Waals surface area contributed by atoms with E-state index in [4.69, 9.17) is 5.73 Å². The third kappa shape index (κ3) is 4.70. The van der Waals surface area contributed by atoms with E-state index in [-0.39, 0.29) is 48.0 Å². The van der Waals surface area contributed by atoms with E-state index < -0.39 is 17.7 Å². The van der Waals surface area contributed by atoms with Gasteiger partial charge < -0.3 is 20.2 Å². The van der Waals surface area contributed by atoms with Gasteiger partial charge in [-0.2, -0.15) is 0 Å². The van der Waals surface area contributed by atoms with Gasteiger partial charge in [0, 0.05) is 29.6 Å². The summed E-state index contributed by atoms with van der Waals surface area (Å²) in [7, 11) is 0. The van der Waals surface area contributed by atoms with Crippen LogP contribution in [0.3, 0.4) is 0 Å². The normalized spacial score (nSPS) is 10.5. The molecular weight excluding hydrogens is 367 g/mol. The standard InChI is InChI=1S/C21H20N2O4.Na/c1-13-9-15(7-8-18(24)25)19-16(20(26)21(22)27)12-23(17(19)10-13)11-14-5-3-2-4-6-14;/h2-6,9-10,12H,7-8,11H2,1H3,(H2,22,27)(H,24,25);/q;+1/p-1. The molecule has 0 spiro atoms. The Bertz CT molecular complexity index is 1040. The smallest absolute Gasteiger partial charge is 0.550 e. The summed E-state index contributed by atoms with van der Waals surface area (Å²) >= 11 is 0. The number of primary amides is 1. The Labute approximate surface area is 184 Å². The Morgan fingerprint density at radius 2 is 1.79 bits per heavy atom. The summed E-state index contributed by atoms with van der Waals surface area (Å²) in [6.07, 6.45) is 1.65. The zero-order chi connectivity index (χ0) is 19.6. The van der Waals surface area contributed by atoms with Crippen molar-refractivity contribution in [1.82, 2.24) is 4.57 Å². The Hall–Kier alpha value is -2.41. The summed E-state index contributed by atoms with van der Waals surface area (Å²) in [5.74, 6) is -3.00. The van der Waals surface area contributed by atoms with Crippen LogP contribution < -0.4 is 40.4 Å². The number of amides is 1. The van der Waals surface area contributed by atoms with Crippen molar-refractivity contribution in [3.05, 3.63) is 70.9 Å². The second kappa shape index (κ2) is 9.19. The first kappa shape index (κ1) is 21.9. The van der Waals surface area contributed by atoms with Crippen LogP contribution in [0.4, 0.5) is 0 Å². The monoisotopic (exact) mass is 386 g/mol. The molecule has 0 aliphatic rings. The minimum absolute atomic E-state index is 0. The predicted octanol–water partition coefficient (Wildman–Crippen LogP) is -1.65. The molecule has 0 aliphatic heterocycles. The van der Waals surface area contributed by atoms with Crippen molar-refractivity contribution in [1.29, 1.82) is 0 Å². The van der Waals surface area contributed by atoms with Gasteiger partial charge in [0.05, 0.1) is 5.56 Å². The second-order valence-electron chi connectivity index (χ2n) is 6.54. The third-order valence-electron chi connectivity index (χ3n) is 4.47. The number of carbonyl (C=O) groups excluding carboxylic acids is 3. The molecule has 2 aromatic carbocycles. The zero-order valence-electron chi connectivity index (χ0n) is 15.9. The number of aliphatic carboxylic acids is 1. The summed E-state index contributed by atoms with van der Waals surface area (Å²) in [5, 5.41) is 11.5. The molecule has 2 N–H and O–H groups in total. The quantitative estimate of drug-likeness (QED) is 0.298. The minimum Gasteiger partial charge on any atom is -0.550 e. The number of rotatable bonds is 7. The molecule has 0 bridgehead atoms. The first-order valence-electron chi connectivity index (χ1n) is 8.57. The van der Waals surface area contributed by atoms with Crippen molar-refractivity contribution in [3.8, 4) is 0 Å². The van der Waals surface area contributed by atoms with Crippen LogP contribution in [0, 0.1) is 6.92 Å². The molecule has 6 nitrogen and oxygen atoms in total. The summed E-state index contributed by atoms with van der Waals surface area (Å²) < 4.78 is 1.89. The van der Waals surface area contributed by atoms with Crippen LogP contribution >= 0.6 is 0 Å². The van der Waals surface area contributed by atoms with Crippen LogP contribution in [0.2, 0.25) is 0 Å². The molecule has 0 unspecified atom stereocenters. The number of fused-ring (bicyclic) bond motifs is 1. The van der Waals surface area contributed by atoms with Crippen molar-refractivity contribution in [2.75, 3.05) is 0 Å². The topological polar surface area (TPSA) is 105 Å². The van der Waals surface area contributed by atoms with E-state index in [9.17, 15) is 19.5 Å². The Kier molecular flexibility index (Phi) is 7.18. The second-order valence-corrected chi connectivity index (χ2v) is 6.54. The van der Waals surface area contributed by atoms with Crippen LogP contribution in [0.25, 0.3) is 10.9 Å². The predicted molar refractivity (Wildman–Crippen MR) is 99.1 cm³/mol. The van der Waals surface area contributed by atoms with Crippen LogP contribution in [0.1, 0.15) is 33.5 Å². The molecule has 3 aromatic rings. The summed E-state index contributed by atoms with van der Waals surface area (Å²) in [4.78, 5) is 34.8. The molecule has 1 heterocycles. The van der Waals surface area contributed by atoms with E-state index in [2.05, 4.69) is 0 Å². The molecule has 0 aliphatic carbocycles. The number of benzene rings is 2. The van der Waals surface area contributed by atoms with Gasteiger partial charge in [-0.15, -0.1) is 0 Å². The average molecular weight is 386 g/mol. The maximum absolute atomic E-state index is 12.4. The van der Waals surface area contributed by atoms with Gasteiger partial charge in [0.2, 0.25) is 0 Å².